The Bertz CT molecular complexity index is 511. The van der Waals surface area contributed by atoms with Crippen molar-refractivity contribution in [2.24, 2.45) is 0 Å². The highest BCUT2D eigenvalue weighted by Gasteiger charge is 2.04. The average Bonchev–Trinajstić information content (AvgIpc) is 2.39. The summed E-state index contributed by atoms with van der Waals surface area (Å²) in [5.41, 5.74) is 1.88. The molecule has 0 bridgehead atoms. The molecule has 4 heteroatoms. The Morgan fingerprint density at radius 1 is 1.06 bits per heavy atom. The van der Waals surface area contributed by atoms with Crippen LogP contribution in [-0.4, -0.2) is 11.0 Å². The number of carbonyl (C=O) groups is 1. The maximum absolute atomic E-state index is 11.6. The van der Waals surface area contributed by atoms with E-state index in [0.717, 1.165) is 15.6 Å². The fraction of sp³-hybridized carbons (Fsp3) is 0.143. The van der Waals surface area contributed by atoms with E-state index in [4.69, 9.17) is 4.74 Å². The quantitative estimate of drug-likeness (QED) is 0.815. The van der Waals surface area contributed by atoms with E-state index in [0.29, 0.717) is 6.61 Å². The van der Waals surface area contributed by atoms with Crippen LogP contribution in [0.25, 0.3) is 0 Å². The average molecular weight is 306 g/mol. The summed E-state index contributed by atoms with van der Waals surface area (Å²) in [7, 11) is 0. The highest BCUT2D eigenvalue weighted by molar-refractivity contribution is 9.10. The van der Waals surface area contributed by atoms with Gasteiger partial charge >= 0.3 is 5.97 Å². The molecule has 3 nitrogen and oxygen atoms in total. The lowest BCUT2D eigenvalue weighted by atomic mass is 10.2. The second-order valence-corrected chi connectivity index (χ2v) is 4.74. The van der Waals surface area contributed by atoms with Gasteiger partial charge in [-0.05, 0) is 35.4 Å². The second-order valence-electron chi connectivity index (χ2n) is 3.82. The van der Waals surface area contributed by atoms with Crippen LogP contribution in [0.15, 0.2) is 53.3 Å². The van der Waals surface area contributed by atoms with Gasteiger partial charge in [0.25, 0.3) is 0 Å². The van der Waals surface area contributed by atoms with Gasteiger partial charge in [0.05, 0.1) is 6.42 Å². The van der Waals surface area contributed by atoms with Gasteiger partial charge in [0.2, 0.25) is 0 Å². The highest BCUT2D eigenvalue weighted by Crippen LogP contribution is 2.11. The Labute approximate surface area is 114 Å². The summed E-state index contributed by atoms with van der Waals surface area (Å²) in [6.45, 7) is 0.303. The van der Waals surface area contributed by atoms with E-state index in [1.165, 1.54) is 0 Å². The highest BCUT2D eigenvalue weighted by atomic mass is 79.9. The number of carbonyl (C=O) groups excluding carboxylic acids is 1. The summed E-state index contributed by atoms with van der Waals surface area (Å²) in [6.07, 6.45) is 3.60. The number of aromatic nitrogens is 1. The molecule has 0 radical (unpaired) electrons. The summed E-state index contributed by atoms with van der Waals surface area (Å²) in [6, 6.07) is 11.3. The standard InChI is InChI=1S/C14H12BrNO2/c15-13-3-1-12(2-4-13)10-18-14(17)9-11-5-7-16-8-6-11/h1-8H,9-10H2. The molecular formula is C14H12BrNO2. The molecule has 2 aromatic rings. The van der Waals surface area contributed by atoms with Crippen LogP contribution in [0.2, 0.25) is 0 Å². The molecule has 0 aliphatic heterocycles. The fourth-order valence-electron chi connectivity index (χ4n) is 1.46. The Balaban J connectivity index is 1.83. The van der Waals surface area contributed by atoms with Crippen molar-refractivity contribution < 1.29 is 9.53 Å². The molecule has 0 aliphatic carbocycles. The molecule has 1 aromatic heterocycles. The summed E-state index contributed by atoms with van der Waals surface area (Å²) >= 11 is 3.36. The zero-order valence-electron chi connectivity index (χ0n) is 9.67. The van der Waals surface area contributed by atoms with Gasteiger partial charge in [-0.2, -0.15) is 0 Å². The van der Waals surface area contributed by atoms with E-state index < -0.39 is 0 Å². The molecule has 0 saturated carbocycles. The number of halogens is 1. The molecule has 0 spiro atoms. The third-order valence-corrected chi connectivity index (χ3v) is 2.94. The predicted octanol–water partition coefficient (Wildman–Crippen LogP) is 3.13. The molecule has 0 fully saturated rings. The molecule has 1 aromatic carbocycles. The van der Waals surface area contributed by atoms with Crippen molar-refractivity contribution in [3.8, 4) is 0 Å². The van der Waals surface area contributed by atoms with Gasteiger partial charge in [-0.15, -0.1) is 0 Å². The molecule has 0 aliphatic rings. The predicted molar refractivity (Wildman–Crippen MR) is 71.9 cm³/mol. The first-order valence-electron chi connectivity index (χ1n) is 5.53. The number of rotatable bonds is 4. The maximum Gasteiger partial charge on any atom is 0.310 e. The van der Waals surface area contributed by atoms with E-state index in [2.05, 4.69) is 20.9 Å². The van der Waals surface area contributed by atoms with Crippen molar-refractivity contribution in [3.05, 3.63) is 64.4 Å². The second kappa shape index (κ2) is 6.31. The molecule has 1 heterocycles. The fourth-order valence-corrected chi connectivity index (χ4v) is 1.73. The van der Waals surface area contributed by atoms with Crippen molar-refractivity contribution in [2.75, 3.05) is 0 Å². The lowest BCUT2D eigenvalue weighted by Gasteiger charge is -2.05. The van der Waals surface area contributed by atoms with Gasteiger partial charge in [-0.3, -0.25) is 9.78 Å². The molecule has 0 amide bonds. The zero-order valence-corrected chi connectivity index (χ0v) is 11.3. The third kappa shape index (κ3) is 3.96. The van der Waals surface area contributed by atoms with Gasteiger partial charge in [-0.25, -0.2) is 0 Å². The van der Waals surface area contributed by atoms with Crippen molar-refractivity contribution in [3.63, 3.8) is 0 Å². The van der Waals surface area contributed by atoms with Gasteiger partial charge < -0.3 is 4.74 Å². The van der Waals surface area contributed by atoms with Crippen molar-refractivity contribution in [1.82, 2.24) is 4.98 Å². The number of ether oxygens (including phenoxy) is 1. The van der Waals surface area contributed by atoms with Crippen LogP contribution >= 0.6 is 15.9 Å². The largest absolute Gasteiger partial charge is 0.461 e. The van der Waals surface area contributed by atoms with Gasteiger partial charge in [0.15, 0.2) is 0 Å². The van der Waals surface area contributed by atoms with Crippen LogP contribution in [0.3, 0.4) is 0 Å². The first kappa shape index (κ1) is 12.8. The molecule has 0 saturated heterocycles. The van der Waals surface area contributed by atoms with Crippen LogP contribution in [0.4, 0.5) is 0 Å². The van der Waals surface area contributed by atoms with E-state index >= 15 is 0 Å². The van der Waals surface area contributed by atoms with Crippen LogP contribution < -0.4 is 0 Å². The monoisotopic (exact) mass is 305 g/mol. The lowest BCUT2D eigenvalue weighted by molar-refractivity contribution is -0.144. The molecule has 2 rings (SSSR count). The van der Waals surface area contributed by atoms with Gasteiger partial charge in [0, 0.05) is 16.9 Å². The minimum Gasteiger partial charge on any atom is -0.461 e. The van der Waals surface area contributed by atoms with Gasteiger partial charge in [0.1, 0.15) is 6.61 Å². The minimum absolute atomic E-state index is 0.232. The van der Waals surface area contributed by atoms with Crippen LogP contribution in [0.1, 0.15) is 11.1 Å². The SMILES string of the molecule is O=C(Cc1ccncc1)OCc1ccc(Br)cc1. The Hall–Kier alpha value is -1.68. The van der Waals surface area contributed by atoms with E-state index in [-0.39, 0.29) is 12.4 Å². The lowest BCUT2D eigenvalue weighted by Crippen LogP contribution is -2.07. The Morgan fingerprint density at radius 3 is 2.39 bits per heavy atom. The Kier molecular flexibility index (Phi) is 4.47. The summed E-state index contributed by atoms with van der Waals surface area (Å²) in [5, 5.41) is 0. The summed E-state index contributed by atoms with van der Waals surface area (Å²) in [4.78, 5) is 15.5. The summed E-state index contributed by atoms with van der Waals surface area (Å²) in [5.74, 6) is -0.232. The van der Waals surface area contributed by atoms with Crippen molar-refractivity contribution >= 4 is 21.9 Å². The van der Waals surface area contributed by atoms with Crippen molar-refractivity contribution in [2.45, 2.75) is 13.0 Å². The molecule has 0 atom stereocenters. The topological polar surface area (TPSA) is 39.2 Å². The number of esters is 1. The van der Waals surface area contributed by atoms with E-state index in [1.54, 1.807) is 24.5 Å². The Morgan fingerprint density at radius 2 is 1.72 bits per heavy atom. The van der Waals surface area contributed by atoms with E-state index in [1.807, 2.05) is 24.3 Å². The molecule has 18 heavy (non-hydrogen) atoms. The first-order chi connectivity index (χ1) is 8.74. The molecular weight excluding hydrogens is 294 g/mol. The number of hydrogen-bond donors (Lipinski definition) is 0. The van der Waals surface area contributed by atoms with Crippen LogP contribution in [0.5, 0.6) is 0 Å². The van der Waals surface area contributed by atoms with Crippen LogP contribution in [0, 0.1) is 0 Å². The molecule has 0 N–H and O–H groups in total. The number of nitrogens with zero attached hydrogens (tertiary/aromatic N) is 1. The van der Waals surface area contributed by atoms with E-state index in [9.17, 15) is 4.79 Å². The minimum atomic E-state index is -0.232. The molecule has 92 valence electrons. The van der Waals surface area contributed by atoms with Crippen LogP contribution in [-0.2, 0) is 22.6 Å². The third-order valence-electron chi connectivity index (χ3n) is 2.41. The first-order valence-corrected chi connectivity index (χ1v) is 6.32. The zero-order chi connectivity index (χ0) is 12.8. The normalized spacial score (nSPS) is 10.1. The smallest absolute Gasteiger partial charge is 0.310 e. The summed E-state index contributed by atoms with van der Waals surface area (Å²) < 4.78 is 6.21. The number of pyridine rings is 1. The number of benzene rings is 1. The number of hydrogen-bond acceptors (Lipinski definition) is 3. The van der Waals surface area contributed by atoms with Gasteiger partial charge in [-0.1, -0.05) is 28.1 Å². The molecule has 0 unspecified atom stereocenters. The van der Waals surface area contributed by atoms with Crippen molar-refractivity contribution in [1.29, 1.82) is 0 Å². The maximum atomic E-state index is 11.6.